The number of hydrogen-bond acceptors (Lipinski definition) is 2. The van der Waals surface area contributed by atoms with Crippen molar-refractivity contribution in [3.63, 3.8) is 0 Å². The van der Waals surface area contributed by atoms with Crippen molar-refractivity contribution in [2.24, 2.45) is 5.73 Å². The molecule has 2 amide bonds. The topological polar surface area (TPSA) is 67.2 Å². The average Bonchev–Trinajstić information content (AvgIpc) is 2.40. The lowest BCUT2D eigenvalue weighted by atomic mass is 10.1. The molecular formula is C15H15BrClN3O. The number of amides is 2. The van der Waals surface area contributed by atoms with E-state index in [-0.39, 0.29) is 6.04 Å². The molecule has 0 saturated carbocycles. The molecule has 6 heteroatoms. The molecule has 4 nitrogen and oxygen atoms in total. The van der Waals surface area contributed by atoms with Gasteiger partial charge in [0.15, 0.2) is 0 Å². The van der Waals surface area contributed by atoms with Gasteiger partial charge in [0, 0.05) is 26.9 Å². The summed E-state index contributed by atoms with van der Waals surface area (Å²) >= 11 is 9.63. The first-order valence-corrected chi connectivity index (χ1v) is 7.51. The Hall–Kier alpha value is -1.72. The fourth-order valence-corrected chi connectivity index (χ4v) is 2.81. The third-order valence-electron chi connectivity index (χ3n) is 2.96. The van der Waals surface area contributed by atoms with E-state index < -0.39 is 6.03 Å². The number of nitrogens with two attached hydrogens (primary N) is 1. The maximum atomic E-state index is 10.8. The maximum Gasteiger partial charge on any atom is 0.316 e. The Morgan fingerprint density at radius 2 is 1.81 bits per heavy atom. The largest absolute Gasteiger partial charge is 0.378 e. The summed E-state index contributed by atoms with van der Waals surface area (Å²) in [5.74, 6) is 0. The summed E-state index contributed by atoms with van der Waals surface area (Å²) in [6, 6.07) is 12.6. The quantitative estimate of drug-likeness (QED) is 0.728. The Bertz CT molecular complexity index is 646. The fourth-order valence-electron chi connectivity index (χ4n) is 1.97. The third kappa shape index (κ3) is 4.37. The number of nitrogens with one attached hydrogen (secondary N) is 2. The Morgan fingerprint density at radius 3 is 2.38 bits per heavy atom. The van der Waals surface area contributed by atoms with Crippen LogP contribution in [-0.4, -0.2) is 6.03 Å². The van der Waals surface area contributed by atoms with Crippen LogP contribution in [-0.2, 0) is 0 Å². The van der Waals surface area contributed by atoms with Crippen molar-refractivity contribution < 1.29 is 4.79 Å². The first-order valence-electron chi connectivity index (χ1n) is 6.33. The molecule has 0 aliphatic heterocycles. The van der Waals surface area contributed by atoms with Gasteiger partial charge in [-0.1, -0.05) is 33.6 Å². The molecular weight excluding hydrogens is 354 g/mol. The molecule has 0 aliphatic rings. The summed E-state index contributed by atoms with van der Waals surface area (Å²) in [5.41, 5.74) is 7.66. The van der Waals surface area contributed by atoms with Crippen molar-refractivity contribution in [2.45, 2.75) is 13.0 Å². The number of rotatable bonds is 4. The molecule has 2 aromatic rings. The highest BCUT2D eigenvalue weighted by Gasteiger charge is 2.10. The summed E-state index contributed by atoms with van der Waals surface area (Å²) in [4.78, 5) is 10.8. The SMILES string of the molecule is CC(Nc1ccc(NC(N)=O)cc1)c1ccc(Br)cc1Cl. The molecule has 21 heavy (non-hydrogen) atoms. The summed E-state index contributed by atoms with van der Waals surface area (Å²) in [7, 11) is 0. The number of anilines is 2. The van der Waals surface area contributed by atoms with Crippen LogP contribution in [0.4, 0.5) is 16.2 Å². The summed E-state index contributed by atoms with van der Waals surface area (Å²) < 4.78 is 0.949. The second-order valence-corrected chi connectivity index (χ2v) is 5.92. The molecule has 0 spiro atoms. The van der Waals surface area contributed by atoms with Gasteiger partial charge in [-0.05, 0) is 48.9 Å². The number of halogens is 2. The average molecular weight is 369 g/mol. The molecule has 0 aliphatic carbocycles. The lowest BCUT2D eigenvalue weighted by molar-refractivity contribution is 0.259. The number of urea groups is 1. The van der Waals surface area contributed by atoms with Crippen molar-refractivity contribution in [2.75, 3.05) is 10.6 Å². The molecule has 0 radical (unpaired) electrons. The number of carbonyl (C=O) groups excluding carboxylic acids is 1. The number of primary amides is 1. The molecule has 4 N–H and O–H groups in total. The Kier molecular flexibility index (Phi) is 5.09. The molecule has 0 bridgehead atoms. The Morgan fingerprint density at radius 1 is 1.19 bits per heavy atom. The first-order chi connectivity index (χ1) is 9.95. The van der Waals surface area contributed by atoms with Crippen molar-refractivity contribution in [3.8, 4) is 0 Å². The van der Waals surface area contributed by atoms with Gasteiger partial charge >= 0.3 is 6.03 Å². The van der Waals surface area contributed by atoms with E-state index in [1.807, 2.05) is 37.3 Å². The Balaban J connectivity index is 2.08. The molecule has 0 heterocycles. The molecule has 2 rings (SSSR count). The van der Waals surface area contributed by atoms with Gasteiger partial charge in [-0.25, -0.2) is 4.79 Å². The standard InChI is InChI=1S/C15H15BrClN3O/c1-9(13-7-2-10(16)8-14(13)17)19-11-3-5-12(6-4-11)20-15(18)21/h2-9,19H,1H3,(H3,18,20,21). The van der Waals surface area contributed by atoms with E-state index in [4.69, 9.17) is 17.3 Å². The number of carbonyl (C=O) groups is 1. The van der Waals surface area contributed by atoms with Crippen LogP contribution in [0, 0.1) is 0 Å². The zero-order valence-electron chi connectivity index (χ0n) is 11.4. The van der Waals surface area contributed by atoms with E-state index in [1.54, 1.807) is 12.1 Å². The minimum Gasteiger partial charge on any atom is -0.378 e. The third-order valence-corrected chi connectivity index (χ3v) is 3.79. The van der Waals surface area contributed by atoms with Gasteiger partial charge in [0.2, 0.25) is 0 Å². The molecule has 0 saturated heterocycles. The molecule has 2 aromatic carbocycles. The van der Waals surface area contributed by atoms with Gasteiger partial charge in [0.05, 0.1) is 0 Å². The van der Waals surface area contributed by atoms with E-state index in [9.17, 15) is 4.79 Å². The monoisotopic (exact) mass is 367 g/mol. The van der Waals surface area contributed by atoms with E-state index in [0.717, 1.165) is 15.7 Å². The van der Waals surface area contributed by atoms with Crippen molar-refractivity contribution in [3.05, 3.63) is 57.5 Å². The zero-order valence-corrected chi connectivity index (χ0v) is 13.7. The normalized spacial score (nSPS) is 11.8. The van der Waals surface area contributed by atoms with Gasteiger partial charge in [-0.15, -0.1) is 0 Å². The fraction of sp³-hybridized carbons (Fsp3) is 0.133. The Labute approximate surface area is 136 Å². The van der Waals surface area contributed by atoms with Gasteiger partial charge in [-0.3, -0.25) is 0 Å². The molecule has 110 valence electrons. The number of hydrogen-bond donors (Lipinski definition) is 3. The minimum atomic E-state index is -0.578. The van der Waals surface area contributed by atoms with Gasteiger partial charge in [0.1, 0.15) is 0 Å². The van der Waals surface area contributed by atoms with Gasteiger partial charge < -0.3 is 16.4 Å². The number of benzene rings is 2. The van der Waals surface area contributed by atoms with E-state index in [2.05, 4.69) is 26.6 Å². The van der Waals surface area contributed by atoms with Crippen LogP contribution in [0.15, 0.2) is 46.9 Å². The highest BCUT2D eigenvalue weighted by molar-refractivity contribution is 9.10. The van der Waals surface area contributed by atoms with Crippen molar-refractivity contribution in [1.29, 1.82) is 0 Å². The second kappa shape index (κ2) is 6.83. The van der Waals surface area contributed by atoms with Crippen LogP contribution >= 0.6 is 27.5 Å². The zero-order chi connectivity index (χ0) is 15.4. The summed E-state index contributed by atoms with van der Waals surface area (Å²) in [6.07, 6.45) is 0. The van der Waals surface area contributed by atoms with Crippen molar-refractivity contribution in [1.82, 2.24) is 0 Å². The minimum absolute atomic E-state index is 0.0561. The molecule has 1 atom stereocenters. The van der Waals surface area contributed by atoms with Gasteiger partial charge in [-0.2, -0.15) is 0 Å². The predicted molar refractivity (Wildman–Crippen MR) is 90.8 cm³/mol. The lowest BCUT2D eigenvalue weighted by Gasteiger charge is -2.17. The summed E-state index contributed by atoms with van der Waals surface area (Å²) in [6.45, 7) is 2.03. The van der Waals surface area contributed by atoms with Gasteiger partial charge in [0.25, 0.3) is 0 Å². The van der Waals surface area contributed by atoms with Crippen molar-refractivity contribution >= 4 is 44.9 Å². The van der Waals surface area contributed by atoms with Crippen LogP contribution in [0.5, 0.6) is 0 Å². The highest BCUT2D eigenvalue weighted by atomic mass is 79.9. The second-order valence-electron chi connectivity index (χ2n) is 4.60. The molecule has 1 unspecified atom stereocenters. The summed E-state index contributed by atoms with van der Waals surface area (Å²) in [5, 5.41) is 6.58. The predicted octanol–water partition coefficient (Wildman–Crippen LogP) is 4.77. The van der Waals surface area contributed by atoms with Crippen LogP contribution in [0.2, 0.25) is 5.02 Å². The highest BCUT2D eigenvalue weighted by Crippen LogP contribution is 2.28. The molecule has 0 fully saturated rings. The lowest BCUT2D eigenvalue weighted by Crippen LogP contribution is -2.19. The van der Waals surface area contributed by atoms with Crippen LogP contribution < -0.4 is 16.4 Å². The van der Waals surface area contributed by atoms with E-state index >= 15 is 0 Å². The van der Waals surface area contributed by atoms with E-state index in [0.29, 0.717) is 10.7 Å². The molecule has 0 aromatic heterocycles. The van der Waals surface area contributed by atoms with E-state index in [1.165, 1.54) is 0 Å². The smallest absolute Gasteiger partial charge is 0.316 e. The van der Waals surface area contributed by atoms with Crippen LogP contribution in [0.3, 0.4) is 0 Å². The van der Waals surface area contributed by atoms with Crippen LogP contribution in [0.25, 0.3) is 0 Å². The maximum absolute atomic E-state index is 10.8. The van der Waals surface area contributed by atoms with Crippen LogP contribution in [0.1, 0.15) is 18.5 Å². The first kappa shape index (κ1) is 15.7.